The molecule has 0 spiro atoms. The Labute approximate surface area is 142 Å². The topological polar surface area (TPSA) is 32.3 Å². The third-order valence-electron chi connectivity index (χ3n) is 3.55. The molecule has 1 aliphatic heterocycles. The standard InChI is InChI=1S/C15H20BrIN2O/c1-11(10-19-6-2-3-7-19)9-18-15(20)13-8-12(17)4-5-14(13)16/h4-5,8,11H,2-3,6-7,9-10H2,1H3,(H,18,20). The lowest BCUT2D eigenvalue weighted by atomic mass is 10.1. The Morgan fingerprint density at radius 3 is 2.85 bits per heavy atom. The molecule has 1 aliphatic rings. The Bertz CT molecular complexity index is 475. The van der Waals surface area contributed by atoms with Gasteiger partial charge < -0.3 is 10.2 Å². The molecule has 2 rings (SSSR count). The molecule has 1 atom stereocenters. The first-order valence-electron chi connectivity index (χ1n) is 7.02. The Morgan fingerprint density at radius 2 is 2.15 bits per heavy atom. The second-order valence-corrected chi connectivity index (χ2v) is 7.55. The lowest BCUT2D eigenvalue weighted by Crippen LogP contribution is -2.34. The molecule has 1 fully saturated rings. The summed E-state index contributed by atoms with van der Waals surface area (Å²) in [4.78, 5) is 14.7. The van der Waals surface area contributed by atoms with Gasteiger partial charge in [-0.3, -0.25) is 4.79 Å². The molecule has 110 valence electrons. The summed E-state index contributed by atoms with van der Waals surface area (Å²) < 4.78 is 1.92. The Morgan fingerprint density at radius 1 is 1.45 bits per heavy atom. The SMILES string of the molecule is CC(CNC(=O)c1cc(I)ccc1Br)CN1CCCC1. The zero-order chi connectivity index (χ0) is 14.5. The van der Waals surface area contributed by atoms with Crippen LogP contribution in [0.3, 0.4) is 0 Å². The van der Waals surface area contributed by atoms with Crippen molar-refractivity contribution in [3.63, 3.8) is 0 Å². The van der Waals surface area contributed by atoms with Crippen molar-refractivity contribution in [3.8, 4) is 0 Å². The van der Waals surface area contributed by atoms with Crippen LogP contribution in [0, 0.1) is 9.49 Å². The van der Waals surface area contributed by atoms with Crippen LogP contribution in [0.25, 0.3) is 0 Å². The molecule has 1 heterocycles. The van der Waals surface area contributed by atoms with E-state index in [-0.39, 0.29) is 5.91 Å². The number of nitrogens with one attached hydrogen (secondary N) is 1. The zero-order valence-electron chi connectivity index (χ0n) is 11.7. The molecule has 0 aliphatic carbocycles. The van der Waals surface area contributed by atoms with Crippen molar-refractivity contribution < 1.29 is 4.79 Å². The van der Waals surface area contributed by atoms with Gasteiger partial charge in [-0.1, -0.05) is 6.92 Å². The molecule has 5 heteroatoms. The van der Waals surface area contributed by atoms with Gasteiger partial charge in [0.2, 0.25) is 0 Å². The number of likely N-dealkylation sites (tertiary alicyclic amines) is 1. The number of hydrogen-bond acceptors (Lipinski definition) is 2. The highest BCUT2D eigenvalue weighted by molar-refractivity contribution is 14.1. The minimum Gasteiger partial charge on any atom is -0.352 e. The average molecular weight is 451 g/mol. The van der Waals surface area contributed by atoms with Crippen LogP contribution in [0.1, 0.15) is 30.1 Å². The first-order chi connectivity index (χ1) is 9.56. The largest absolute Gasteiger partial charge is 0.352 e. The summed E-state index contributed by atoms with van der Waals surface area (Å²) in [5.41, 5.74) is 0.713. The van der Waals surface area contributed by atoms with Crippen LogP contribution in [0.4, 0.5) is 0 Å². The summed E-state index contributed by atoms with van der Waals surface area (Å²) in [5.74, 6) is 0.488. The predicted octanol–water partition coefficient (Wildman–Crippen LogP) is 3.52. The van der Waals surface area contributed by atoms with Gasteiger partial charge in [-0.25, -0.2) is 0 Å². The molecular formula is C15H20BrIN2O. The molecule has 0 bridgehead atoms. The summed E-state index contributed by atoms with van der Waals surface area (Å²) in [7, 11) is 0. The number of carbonyl (C=O) groups is 1. The lowest BCUT2D eigenvalue weighted by Gasteiger charge is -2.20. The first kappa shape index (κ1) is 16.2. The van der Waals surface area contributed by atoms with E-state index in [0.717, 1.165) is 21.1 Å². The number of halogens is 2. The van der Waals surface area contributed by atoms with Crippen molar-refractivity contribution in [1.82, 2.24) is 10.2 Å². The highest BCUT2D eigenvalue weighted by Gasteiger charge is 2.16. The summed E-state index contributed by atoms with van der Waals surface area (Å²) in [5, 5.41) is 3.04. The number of amides is 1. The number of nitrogens with zero attached hydrogens (tertiary/aromatic N) is 1. The molecule has 1 N–H and O–H groups in total. The monoisotopic (exact) mass is 450 g/mol. The molecule has 1 aromatic rings. The number of carbonyl (C=O) groups excluding carboxylic acids is 1. The van der Waals surface area contributed by atoms with Crippen LogP contribution in [0.5, 0.6) is 0 Å². The van der Waals surface area contributed by atoms with Crippen LogP contribution >= 0.6 is 38.5 Å². The van der Waals surface area contributed by atoms with E-state index in [0.29, 0.717) is 11.5 Å². The summed E-state index contributed by atoms with van der Waals surface area (Å²) in [6.07, 6.45) is 2.63. The Hall–Kier alpha value is -0.140. The summed E-state index contributed by atoms with van der Waals surface area (Å²) in [6.45, 7) is 6.42. The van der Waals surface area contributed by atoms with Crippen LogP contribution in [-0.4, -0.2) is 37.0 Å². The van der Waals surface area contributed by atoms with Crippen molar-refractivity contribution in [2.24, 2.45) is 5.92 Å². The van der Waals surface area contributed by atoms with Gasteiger partial charge in [-0.05, 0) is 88.6 Å². The van der Waals surface area contributed by atoms with Gasteiger partial charge in [0.25, 0.3) is 5.91 Å². The van der Waals surface area contributed by atoms with Crippen molar-refractivity contribution in [2.45, 2.75) is 19.8 Å². The maximum atomic E-state index is 12.2. The Balaban J connectivity index is 1.83. The third kappa shape index (κ3) is 4.70. The minimum absolute atomic E-state index is 0.00339. The van der Waals surface area contributed by atoms with E-state index < -0.39 is 0 Å². The van der Waals surface area contributed by atoms with Gasteiger partial charge >= 0.3 is 0 Å². The number of hydrogen-bond donors (Lipinski definition) is 1. The van der Waals surface area contributed by atoms with Crippen molar-refractivity contribution in [1.29, 1.82) is 0 Å². The van der Waals surface area contributed by atoms with E-state index in [1.165, 1.54) is 25.9 Å². The Kier molecular flexibility index (Phi) is 6.29. The van der Waals surface area contributed by atoms with Crippen molar-refractivity contribution in [3.05, 3.63) is 31.8 Å². The molecule has 1 saturated heterocycles. The van der Waals surface area contributed by atoms with Gasteiger partial charge in [0.05, 0.1) is 5.56 Å². The first-order valence-corrected chi connectivity index (χ1v) is 8.89. The highest BCUT2D eigenvalue weighted by Crippen LogP contribution is 2.19. The molecule has 0 saturated carbocycles. The van der Waals surface area contributed by atoms with Crippen molar-refractivity contribution >= 4 is 44.4 Å². The van der Waals surface area contributed by atoms with Crippen molar-refractivity contribution in [2.75, 3.05) is 26.2 Å². The van der Waals surface area contributed by atoms with Gasteiger partial charge in [0.1, 0.15) is 0 Å². The van der Waals surface area contributed by atoms with Crippen LogP contribution in [-0.2, 0) is 0 Å². The fourth-order valence-electron chi connectivity index (χ4n) is 2.50. The number of rotatable bonds is 5. The third-order valence-corrected chi connectivity index (χ3v) is 4.92. The van der Waals surface area contributed by atoms with Crippen LogP contribution < -0.4 is 5.32 Å². The number of benzene rings is 1. The van der Waals surface area contributed by atoms with Crippen LogP contribution in [0.2, 0.25) is 0 Å². The second kappa shape index (κ2) is 7.75. The minimum atomic E-state index is 0.00339. The lowest BCUT2D eigenvalue weighted by molar-refractivity contribution is 0.0944. The highest BCUT2D eigenvalue weighted by atomic mass is 127. The second-order valence-electron chi connectivity index (χ2n) is 5.45. The normalized spacial score (nSPS) is 17.1. The van der Waals surface area contributed by atoms with E-state index in [1.54, 1.807) is 0 Å². The van der Waals surface area contributed by atoms with Gasteiger partial charge in [0.15, 0.2) is 0 Å². The van der Waals surface area contributed by atoms with Crippen LogP contribution in [0.15, 0.2) is 22.7 Å². The van der Waals surface area contributed by atoms with E-state index in [2.05, 4.69) is 55.7 Å². The molecule has 1 aromatic carbocycles. The van der Waals surface area contributed by atoms with E-state index in [9.17, 15) is 4.79 Å². The van der Waals surface area contributed by atoms with Gasteiger partial charge in [0, 0.05) is 21.1 Å². The van der Waals surface area contributed by atoms with E-state index in [4.69, 9.17) is 0 Å². The van der Waals surface area contributed by atoms with E-state index >= 15 is 0 Å². The maximum absolute atomic E-state index is 12.2. The predicted molar refractivity (Wildman–Crippen MR) is 94.0 cm³/mol. The fourth-order valence-corrected chi connectivity index (χ4v) is 3.42. The molecule has 0 aromatic heterocycles. The summed E-state index contributed by atoms with van der Waals surface area (Å²) >= 11 is 5.66. The zero-order valence-corrected chi connectivity index (χ0v) is 15.4. The molecular weight excluding hydrogens is 431 g/mol. The van der Waals surface area contributed by atoms with Gasteiger partial charge in [-0.2, -0.15) is 0 Å². The average Bonchev–Trinajstić information content (AvgIpc) is 2.91. The van der Waals surface area contributed by atoms with Gasteiger partial charge in [-0.15, -0.1) is 0 Å². The molecule has 1 amide bonds. The maximum Gasteiger partial charge on any atom is 0.252 e. The molecule has 0 radical (unpaired) electrons. The fraction of sp³-hybridized carbons (Fsp3) is 0.533. The smallest absolute Gasteiger partial charge is 0.252 e. The molecule has 3 nitrogen and oxygen atoms in total. The molecule has 1 unspecified atom stereocenters. The summed E-state index contributed by atoms with van der Waals surface area (Å²) in [6, 6.07) is 5.81. The molecule has 20 heavy (non-hydrogen) atoms. The quantitative estimate of drug-likeness (QED) is 0.696. The van der Waals surface area contributed by atoms with E-state index in [1.807, 2.05) is 18.2 Å².